The van der Waals surface area contributed by atoms with Gasteiger partial charge in [0.1, 0.15) is 10.7 Å². The van der Waals surface area contributed by atoms with Crippen molar-refractivity contribution >= 4 is 27.3 Å². The fourth-order valence-corrected chi connectivity index (χ4v) is 4.59. The third kappa shape index (κ3) is 2.54. The van der Waals surface area contributed by atoms with E-state index in [-0.39, 0.29) is 0 Å². The lowest BCUT2D eigenvalue weighted by atomic mass is 9.76. The van der Waals surface area contributed by atoms with Gasteiger partial charge in [0.2, 0.25) is 0 Å². The molecule has 1 aliphatic rings. The molecule has 3 rings (SSSR count). The van der Waals surface area contributed by atoms with Crippen LogP contribution in [0.2, 0.25) is 0 Å². The zero-order valence-corrected chi connectivity index (χ0v) is 14.3. The summed E-state index contributed by atoms with van der Waals surface area (Å²) in [5.41, 5.74) is 2.48. The maximum atomic E-state index is 4.86. The Labute approximate surface area is 132 Å². The van der Waals surface area contributed by atoms with Gasteiger partial charge < -0.3 is 5.32 Å². The normalized spacial score (nSPS) is 20.7. The van der Waals surface area contributed by atoms with Gasteiger partial charge in [-0.15, -0.1) is 11.3 Å². The van der Waals surface area contributed by atoms with E-state index in [9.17, 15) is 0 Å². The molecule has 3 nitrogen and oxygen atoms in total. The van der Waals surface area contributed by atoms with Crippen LogP contribution in [0.15, 0.2) is 22.8 Å². The highest BCUT2D eigenvalue weighted by Crippen LogP contribution is 2.45. The molecule has 0 aromatic carbocycles. The predicted molar refractivity (Wildman–Crippen MR) is 86.9 cm³/mol. The number of nitrogens with zero attached hydrogens (tertiary/aromatic N) is 2. The van der Waals surface area contributed by atoms with Crippen molar-refractivity contribution in [2.45, 2.75) is 32.7 Å². The van der Waals surface area contributed by atoms with Gasteiger partial charge in [0.05, 0.1) is 5.69 Å². The van der Waals surface area contributed by atoms with Gasteiger partial charge in [-0.1, -0.05) is 13.8 Å². The molecule has 0 bridgehead atoms. The van der Waals surface area contributed by atoms with Crippen LogP contribution in [0.5, 0.6) is 0 Å². The number of fused-ring (bicyclic) bond motifs is 1. The van der Waals surface area contributed by atoms with Gasteiger partial charge in [0.25, 0.3) is 0 Å². The van der Waals surface area contributed by atoms with Crippen LogP contribution < -0.4 is 5.32 Å². The van der Waals surface area contributed by atoms with Crippen LogP contribution in [0.25, 0.3) is 10.7 Å². The summed E-state index contributed by atoms with van der Waals surface area (Å²) in [6.07, 6.45) is 4.02. The average molecular weight is 352 g/mol. The molecule has 2 aromatic rings. The van der Waals surface area contributed by atoms with Crippen LogP contribution in [-0.4, -0.2) is 17.0 Å². The van der Waals surface area contributed by atoms with E-state index in [0.29, 0.717) is 11.5 Å². The number of aromatic nitrogens is 2. The molecule has 1 atom stereocenters. The maximum absolute atomic E-state index is 4.86. The number of rotatable bonds is 2. The number of hydrogen-bond donors (Lipinski definition) is 1. The average Bonchev–Trinajstić information content (AvgIpc) is 2.80. The Bertz CT molecular complexity index is 636. The fraction of sp³-hybridized carbons (Fsp3) is 0.467. The molecule has 5 heteroatoms. The van der Waals surface area contributed by atoms with Crippen LogP contribution in [0, 0.1) is 5.41 Å². The molecule has 106 valence electrons. The molecule has 2 heterocycles. The second kappa shape index (κ2) is 5.20. The Hall–Kier alpha value is -0.780. The molecule has 1 N–H and O–H groups in total. The summed E-state index contributed by atoms with van der Waals surface area (Å²) in [5, 5.41) is 4.45. The first kappa shape index (κ1) is 14.2. The van der Waals surface area contributed by atoms with Gasteiger partial charge in [-0.2, -0.15) is 0 Å². The largest absolute Gasteiger partial charge is 0.312 e. The van der Waals surface area contributed by atoms with Crippen LogP contribution in [0.3, 0.4) is 0 Å². The summed E-state index contributed by atoms with van der Waals surface area (Å²) in [6, 6.07) is 4.35. The molecule has 0 saturated carbocycles. The first-order chi connectivity index (χ1) is 9.50. The molecule has 0 saturated heterocycles. The van der Waals surface area contributed by atoms with E-state index in [4.69, 9.17) is 4.98 Å². The Morgan fingerprint density at radius 3 is 2.95 bits per heavy atom. The van der Waals surface area contributed by atoms with E-state index >= 15 is 0 Å². The van der Waals surface area contributed by atoms with Gasteiger partial charge in [-0.3, -0.25) is 4.98 Å². The minimum atomic E-state index is 0.299. The maximum Gasteiger partial charge on any atom is 0.143 e. The molecule has 2 aromatic heterocycles. The molecule has 0 spiro atoms. The van der Waals surface area contributed by atoms with Crippen LogP contribution in [0.1, 0.15) is 36.9 Å². The minimum absolute atomic E-state index is 0.299. The summed E-state index contributed by atoms with van der Waals surface area (Å²) in [7, 11) is 2.03. The van der Waals surface area contributed by atoms with Gasteiger partial charge in [-0.05, 0) is 53.4 Å². The first-order valence-electron chi connectivity index (χ1n) is 6.78. The minimum Gasteiger partial charge on any atom is -0.312 e. The van der Waals surface area contributed by atoms with Crippen molar-refractivity contribution in [1.29, 1.82) is 0 Å². The highest BCUT2D eigenvalue weighted by Gasteiger charge is 2.34. The van der Waals surface area contributed by atoms with E-state index in [1.807, 2.05) is 25.4 Å². The van der Waals surface area contributed by atoms with Crippen molar-refractivity contribution in [3.8, 4) is 10.7 Å². The lowest BCUT2D eigenvalue weighted by Crippen LogP contribution is -2.30. The molecule has 0 radical (unpaired) electrons. The standard InChI is InChI=1S/C15H18BrN3S/c1-15(2)7-10(17-3)13-11(8-15)19-14(20-13)12-9(16)5-4-6-18-12/h4-6,10,17H,7-8H2,1-3H3. The van der Waals surface area contributed by atoms with Crippen LogP contribution in [0.4, 0.5) is 0 Å². The molecule has 0 fully saturated rings. The monoisotopic (exact) mass is 351 g/mol. The smallest absolute Gasteiger partial charge is 0.143 e. The van der Waals surface area contributed by atoms with Crippen LogP contribution in [-0.2, 0) is 6.42 Å². The Morgan fingerprint density at radius 1 is 1.45 bits per heavy atom. The van der Waals surface area contributed by atoms with E-state index in [2.05, 4.69) is 40.1 Å². The molecule has 1 unspecified atom stereocenters. The van der Waals surface area contributed by atoms with Gasteiger partial charge in [0.15, 0.2) is 0 Å². The Balaban J connectivity index is 2.07. The van der Waals surface area contributed by atoms with Crippen molar-refractivity contribution in [2.75, 3.05) is 7.05 Å². The lowest BCUT2D eigenvalue weighted by molar-refractivity contribution is 0.265. The van der Waals surface area contributed by atoms with Gasteiger partial charge in [-0.25, -0.2) is 4.98 Å². The second-order valence-electron chi connectivity index (χ2n) is 6.05. The zero-order chi connectivity index (χ0) is 14.3. The quantitative estimate of drug-likeness (QED) is 0.880. The summed E-state index contributed by atoms with van der Waals surface area (Å²) >= 11 is 5.34. The Kier molecular flexibility index (Phi) is 3.69. The SMILES string of the molecule is CNC1CC(C)(C)Cc2nc(-c3ncccc3Br)sc21. The Morgan fingerprint density at radius 2 is 2.25 bits per heavy atom. The van der Waals surface area contributed by atoms with Crippen molar-refractivity contribution in [1.82, 2.24) is 15.3 Å². The third-order valence-corrected chi connectivity index (χ3v) is 5.61. The number of halogens is 1. The number of thiazole rings is 1. The lowest BCUT2D eigenvalue weighted by Gasteiger charge is -2.34. The van der Waals surface area contributed by atoms with Crippen molar-refractivity contribution in [2.24, 2.45) is 5.41 Å². The highest BCUT2D eigenvalue weighted by molar-refractivity contribution is 9.10. The van der Waals surface area contributed by atoms with E-state index in [1.54, 1.807) is 11.3 Å². The topological polar surface area (TPSA) is 37.8 Å². The molecule has 20 heavy (non-hydrogen) atoms. The summed E-state index contributed by atoms with van der Waals surface area (Å²) < 4.78 is 1.01. The first-order valence-corrected chi connectivity index (χ1v) is 8.39. The highest BCUT2D eigenvalue weighted by atomic mass is 79.9. The fourth-order valence-electron chi connectivity index (χ4n) is 2.81. The van der Waals surface area contributed by atoms with E-state index in [1.165, 1.54) is 10.6 Å². The molecule has 0 amide bonds. The van der Waals surface area contributed by atoms with Crippen molar-refractivity contribution in [3.05, 3.63) is 33.4 Å². The van der Waals surface area contributed by atoms with Gasteiger partial charge >= 0.3 is 0 Å². The number of pyridine rings is 1. The van der Waals surface area contributed by atoms with Crippen LogP contribution >= 0.6 is 27.3 Å². The van der Waals surface area contributed by atoms with Gasteiger partial charge in [0, 0.05) is 21.6 Å². The summed E-state index contributed by atoms with van der Waals surface area (Å²) in [4.78, 5) is 10.7. The van der Waals surface area contributed by atoms with E-state index in [0.717, 1.165) is 28.0 Å². The molecule has 1 aliphatic carbocycles. The number of hydrogen-bond acceptors (Lipinski definition) is 4. The van der Waals surface area contributed by atoms with E-state index < -0.39 is 0 Å². The third-order valence-electron chi connectivity index (χ3n) is 3.76. The summed E-state index contributed by atoms with van der Waals surface area (Å²) in [6.45, 7) is 4.63. The van der Waals surface area contributed by atoms with Crippen molar-refractivity contribution in [3.63, 3.8) is 0 Å². The molecular weight excluding hydrogens is 334 g/mol. The second-order valence-corrected chi connectivity index (χ2v) is 7.94. The zero-order valence-electron chi connectivity index (χ0n) is 11.9. The van der Waals surface area contributed by atoms with Crippen molar-refractivity contribution < 1.29 is 0 Å². The molecule has 0 aliphatic heterocycles. The molecular formula is C15H18BrN3S. The number of nitrogens with one attached hydrogen (secondary N) is 1. The summed E-state index contributed by atoms with van der Waals surface area (Å²) in [5.74, 6) is 0. The predicted octanol–water partition coefficient (Wildman–Crippen LogP) is 4.20.